The van der Waals surface area contributed by atoms with Crippen LogP contribution in [0.1, 0.15) is 36.2 Å². The van der Waals surface area contributed by atoms with E-state index in [2.05, 4.69) is 0 Å². The molecule has 0 aliphatic rings. The number of ether oxygens (including phenoxy) is 3. The van der Waals surface area contributed by atoms with Gasteiger partial charge >= 0.3 is 0 Å². The molecule has 0 aliphatic heterocycles. The number of hydrogen-bond acceptors (Lipinski definition) is 5. The van der Waals surface area contributed by atoms with Crippen LogP contribution in [0.4, 0.5) is 0 Å². The monoisotopic (exact) mass is 342 g/mol. The van der Waals surface area contributed by atoms with E-state index in [0.29, 0.717) is 35.1 Å². The van der Waals surface area contributed by atoms with Gasteiger partial charge in [0.25, 0.3) is 0 Å². The van der Waals surface area contributed by atoms with E-state index in [1.165, 1.54) is 14.0 Å². The molecule has 1 aromatic carbocycles. The maximum atomic E-state index is 12.0. The Labute approximate surface area is 141 Å². The first-order valence-corrected chi connectivity index (χ1v) is 7.77. The Morgan fingerprint density at radius 1 is 1.26 bits per heavy atom. The largest absolute Gasteiger partial charge is 0.489 e. The zero-order valence-corrected chi connectivity index (χ0v) is 14.7. The number of rotatable bonds is 10. The SMILES string of the molecule is COCCC(=O)Cc1c(C(C)=O)ccc(OCC(C)OC)c1Cl. The molecule has 0 aromatic heterocycles. The van der Waals surface area contributed by atoms with E-state index in [4.69, 9.17) is 25.8 Å². The van der Waals surface area contributed by atoms with Crippen molar-refractivity contribution in [1.82, 2.24) is 0 Å². The summed E-state index contributed by atoms with van der Waals surface area (Å²) in [5, 5.41) is 0.298. The predicted molar refractivity (Wildman–Crippen MR) is 88.6 cm³/mol. The quantitative estimate of drug-likeness (QED) is 0.611. The zero-order valence-electron chi connectivity index (χ0n) is 14.0. The van der Waals surface area contributed by atoms with Crippen molar-refractivity contribution in [2.45, 2.75) is 32.8 Å². The number of halogens is 1. The molecule has 0 radical (unpaired) electrons. The summed E-state index contributed by atoms with van der Waals surface area (Å²) in [6.45, 7) is 3.98. The van der Waals surface area contributed by atoms with E-state index in [0.717, 1.165) is 0 Å². The second-order valence-electron chi connectivity index (χ2n) is 5.28. The van der Waals surface area contributed by atoms with E-state index in [1.54, 1.807) is 19.2 Å². The number of carbonyl (C=O) groups is 2. The molecule has 1 atom stereocenters. The van der Waals surface area contributed by atoms with E-state index in [-0.39, 0.29) is 30.5 Å². The second kappa shape index (κ2) is 9.65. The van der Waals surface area contributed by atoms with Crippen molar-refractivity contribution in [2.24, 2.45) is 0 Å². The molecule has 0 fully saturated rings. The predicted octanol–water partition coefficient (Wildman–Crippen LogP) is 3.10. The maximum absolute atomic E-state index is 12.0. The molecule has 0 amide bonds. The van der Waals surface area contributed by atoms with Crippen LogP contribution in [0.5, 0.6) is 5.75 Å². The Kier molecular flexibility index (Phi) is 8.23. The summed E-state index contributed by atoms with van der Waals surface area (Å²) in [6, 6.07) is 3.28. The molecule has 1 unspecified atom stereocenters. The van der Waals surface area contributed by atoms with Crippen LogP contribution >= 0.6 is 11.6 Å². The molecule has 0 spiro atoms. The summed E-state index contributed by atoms with van der Waals surface area (Å²) in [4.78, 5) is 23.8. The van der Waals surface area contributed by atoms with E-state index >= 15 is 0 Å². The van der Waals surface area contributed by atoms with Crippen molar-refractivity contribution >= 4 is 23.2 Å². The molecule has 1 rings (SSSR count). The van der Waals surface area contributed by atoms with Gasteiger partial charge in [-0.2, -0.15) is 0 Å². The lowest BCUT2D eigenvalue weighted by Crippen LogP contribution is -2.17. The van der Waals surface area contributed by atoms with Gasteiger partial charge in [0.05, 0.1) is 17.7 Å². The molecule has 5 nitrogen and oxygen atoms in total. The van der Waals surface area contributed by atoms with Gasteiger partial charge in [-0.1, -0.05) is 11.6 Å². The highest BCUT2D eigenvalue weighted by molar-refractivity contribution is 6.33. The van der Waals surface area contributed by atoms with Crippen molar-refractivity contribution in [3.05, 3.63) is 28.3 Å². The highest BCUT2D eigenvalue weighted by Gasteiger charge is 2.18. The highest BCUT2D eigenvalue weighted by atomic mass is 35.5. The minimum Gasteiger partial charge on any atom is -0.489 e. The van der Waals surface area contributed by atoms with Crippen molar-refractivity contribution in [2.75, 3.05) is 27.4 Å². The molecule has 23 heavy (non-hydrogen) atoms. The summed E-state index contributed by atoms with van der Waals surface area (Å²) in [7, 11) is 3.13. The molecule has 0 saturated heterocycles. The first-order valence-electron chi connectivity index (χ1n) is 7.39. The van der Waals surface area contributed by atoms with Gasteiger partial charge < -0.3 is 14.2 Å². The Bertz CT molecular complexity index is 556. The van der Waals surface area contributed by atoms with Crippen LogP contribution in [0.3, 0.4) is 0 Å². The standard InChI is InChI=1S/C17H23ClO5/c1-11(22-4)10-23-16-6-5-14(12(2)19)15(17(16)18)9-13(20)7-8-21-3/h5-6,11H,7-10H2,1-4H3. The van der Waals surface area contributed by atoms with E-state index in [1.807, 2.05) is 6.92 Å². The van der Waals surface area contributed by atoms with Crippen LogP contribution in [0.25, 0.3) is 0 Å². The first kappa shape index (κ1) is 19.6. The minimum absolute atomic E-state index is 0.0429. The van der Waals surface area contributed by atoms with E-state index < -0.39 is 0 Å². The zero-order chi connectivity index (χ0) is 17.4. The lowest BCUT2D eigenvalue weighted by molar-refractivity contribution is -0.119. The fraction of sp³-hybridized carbons (Fsp3) is 0.529. The van der Waals surface area contributed by atoms with Gasteiger partial charge in [0.1, 0.15) is 18.1 Å². The van der Waals surface area contributed by atoms with Crippen molar-refractivity contribution in [3.63, 3.8) is 0 Å². The Morgan fingerprint density at radius 2 is 1.96 bits per heavy atom. The molecule has 0 heterocycles. The molecule has 0 saturated carbocycles. The molecule has 0 N–H and O–H groups in total. The van der Waals surface area contributed by atoms with Crippen LogP contribution in [-0.2, 0) is 20.7 Å². The molecule has 0 bridgehead atoms. The van der Waals surface area contributed by atoms with Gasteiger partial charge in [0, 0.05) is 32.6 Å². The lowest BCUT2D eigenvalue weighted by Gasteiger charge is -2.16. The highest BCUT2D eigenvalue weighted by Crippen LogP contribution is 2.32. The maximum Gasteiger partial charge on any atom is 0.160 e. The van der Waals surface area contributed by atoms with Gasteiger partial charge in [-0.05, 0) is 31.5 Å². The number of carbonyl (C=O) groups excluding carboxylic acids is 2. The van der Waals surface area contributed by atoms with Gasteiger partial charge in [0.2, 0.25) is 0 Å². The number of ketones is 2. The van der Waals surface area contributed by atoms with Crippen LogP contribution in [0.2, 0.25) is 5.02 Å². The third kappa shape index (κ3) is 5.94. The molecule has 6 heteroatoms. The molecular weight excluding hydrogens is 320 g/mol. The molecular formula is C17H23ClO5. The number of Topliss-reactive ketones (excluding diaryl/α,β-unsaturated/α-hetero) is 2. The third-order valence-electron chi connectivity index (χ3n) is 3.42. The fourth-order valence-corrected chi connectivity index (χ4v) is 2.28. The lowest BCUT2D eigenvalue weighted by atomic mass is 9.98. The Balaban J connectivity index is 3.03. The van der Waals surface area contributed by atoms with Crippen molar-refractivity contribution in [3.8, 4) is 5.75 Å². The first-order chi connectivity index (χ1) is 10.9. The minimum atomic E-state index is -0.141. The Morgan fingerprint density at radius 3 is 2.52 bits per heavy atom. The number of hydrogen-bond donors (Lipinski definition) is 0. The van der Waals surface area contributed by atoms with Crippen LogP contribution in [0.15, 0.2) is 12.1 Å². The normalized spacial score (nSPS) is 12.0. The smallest absolute Gasteiger partial charge is 0.160 e. The molecule has 1 aromatic rings. The van der Waals surface area contributed by atoms with Gasteiger partial charge in [0.15, 0.2) is 5.78 Å². The fourth-order valence-electron chi connectivity index (χ4n) is 1.99. The topological polar surface area (TPSA) is 61.8 Å². The summed E-state index contributed by atoms with van der Waals surface area (Å²) in [5.41, 5.74) is 0.941. The summed E-state index contributed by atoms with van der Waals surface area (Å²) in [6.07, 6.45) is 0.259. The average molecular weight is 343 g/mol. The van der Waals surface area contributed by atoms with Crippen LogP contribution < -0.4 is 4.74 Å². The van der Waals surface area contributed by atoms with Gasteiger partial charge in [-0.25, -0.2) is 0 Å². The summed E-state index contributed by atoms with van der Waals surface area (Å²) < 4.78 is 15.6. The van der Waals surface area contributed by atoms with Crippen LogP contribution in [0, 0.1) is 0 Å². The number of benzene rings is 1. The summed E-state index contributed by atoms with van der Waals surface area (Å²) in [5.74, 6) is 0.256. The molecule has 0 aliphatic carbocycles. The van der Waals surface area contributed by atoms with Gasteiger partial charge in [-0.3, -0.25) is 9.59 Å². The average Bonchev–Trinajstić information content (AvgIpc) is 2.52. The van der Waals surface area contributed by atoms with Crippen LogP contribution in [-0.4, -0.2) is 45.1 Å². The second-order valence-corrected chi connectivity index (χ2v) is 5.65. The Hall–Kier alpha value is -1.43. The number of methoxy groups -OCH3 is 2. The third-order valence-corrected chi connectivity index (χ3v) is 3.84. The van der Waals surface area contributed by atoms with Crippen molar-refractivity contribution in [1.29, 1.82) is 0 Å². The van der Waals surface area contributed by atoms with E-state index in [9.17, 15) is 9.59 Å². The van der Waals surface area contributed by atoms with Crippen molar-refractivity contribution < 1.29 is 23.8 Å². The van der Waals surface area contributed by atoms with Gasteiger partial charge in [-0.15, -0.1) is 0 Å². The molecule has 128 valence electrons. The summed E-state index contributed by atoms with van der Waals surface area (Å²) >= 11 is 6.36.